The van der Waals surface area contributed by atoms with Gasteiger partial charge in [0.2, 0.25) is 0 Å². The first-order valence-corrected chi connectivity index (χ1v) is 14.9. The standard InChI is InChI=1S/C37H29FN2O2S/c1-22-7-12-30(13-8-22)43-40-34-16-11-29(38)20-33(34)35(32-14-9-23(2)17-28(32)21-39)36(40)26-6-4-5-25(19-26)31-15-10-27(37(41)42)18-24(31)3/h6-20H,4-5H2,1-3H3,(H,41,42). The van der Waals surface area contributed by atoms with Crippen molar-refractivity contribution in [3.63, 3.8) is 0 Å². The van der Waals surface area contributed by atoms with E-state index >= 15 is 0 Å². The number of benzene rings is 4. The molecule has 0 saturated heterocycles. The average molecular weight is 585 g/mol. The highest BCUT2D eigenvalue weighted by Gasteiger charge is 2.25. The van der Waals surface area contributed by atoms with Crippen LogP contribution in [0.4, 0.5) is 4.39 Å². The maximum absolute atomic E-state index is 14.9. The van der Waals surface area contributed by atoms with E-state index in [4.69, 9.17) is 0 Å². The Balaban J connectivity index is 1.63. The van der Waals surface area contributed by atoms with Gasteiger partial charge in [0.1, 0.15) is 5.82 Å². The maximum Gasteiger partial charge on any atom is 0.335 e. The Bertz CT molecular complexity index is 2030. The molecule has 1 heterocycles. The second-order valence-corrected chi connectivity index (χ2v) is 12.0. The van der Waals surface area contributed by atoms with E-state index in [1.54, 1.807) is 30.1 Å². The van der Waals surface area contributed by atoms with E-state index in [2.05, 4.69) is 53.4 Å². The summed E-state index contributed by atoms with van der Waals surface area (Å²) in [6.07, 6.45) is 5.95. The van der Waals surface area contributed by atoms with Crippen LogP contribution in [0.15, 0.2) is 95.9 Å². The first-order valence-electron chi connectivity index (χ1n) is 14.1. The number of hydrogen-bond donors (Lipinski definition) is 1. The summed E-state index contributed by atoms with van der Waals surface area (Å²) in [6, 6.07) is 26.6. The van der Waals surface area contributed by atoms with E-state index < -0.39 is 5.97 Å². The van der Waals surface area contributed by atoms with Crippen molar-refractivity contribution in [2.75, 3.05) is 0 Å². The van der Waals surface area contributed by atoms with Gasteiger partial charge >= 0.3 is 5.97 Å². The third kappa shape index (κ3) is 5.40. The van der Waals surface area contributed by atoms with Crippen LogP contribution in [0.2, 0.25) is 0 Å². The van der Waals surface area contributed by atoms with Crippen molar-refractivity contribution in [3.05, 3.63) is 136 Å². The number of aromatic nitrogens is 1. The van der Waals surface area contributed by atoms with Gasteiger partial charge in [0.25, 0.3) is 0 Å². The van der Waals surface area contributed by atoms with Crippen LogP contribution in [0.1, 0.15) is 56.7 Å². The molecular weight excluding hydrogens is 555 g/mol. The van der Waals surface area contributed by atoms with E-state index in [1.807, 2.05) is 44.2 Å². The van der Waals surface area contributed by atoms with Gasteiger partial charge in [-0.2, -0.15) is 5.26 Å². The Morgan fingerprint density at radius 3 is 2.40 bits per heavy atom. The Kier molecular flexibility index (Phi) is 7.52. The van der Waals surface area contributed by atoms with Crippen molar-refractivity contribution in [1.29, 1.82) is 5.26 Å². The van der Waals surface area contributed by atoms with Crippen molar-refractivity contribution in [2.45, 2.75) is 38.5 Å². The number of fused-ring (bicyclic) bond motifs is 1. The number of nitriles is 1. The first-order chi connectivity index (χ1) is 20.7. The Hall–Kier alpha value is -4.86. The fraction of sp³-hybridized carbons (Fsp3) is 0.135. The lowest BCUT2D eigenvalue weighted by molar-refractivity contribution is 0.0696. The predicted molar refractivity (Wildman–Crippen MR) is 173 cm³/mol. The SMILES string of the molecule is Cc1ccc(Sn2c(C3=CCCC(c4ccc(C(=O)O)cc4C)=C3)c(-c3ccc(C)cc3C#N)c3cc(F)ccc32)cc1. The second kappa shape index (κ2) is 11.4. The lowest BCUT2D eigenvalue weighted by Crippen LogP contribution is -2.02. The Labute approximate surface area is 254 Å². The first kappa shape index (κ1) is 28.3. The van der Waals surface area contributed by atoms with Crippen LogP contribution in [-0.2, 0) is 0 Å². The molecule has 5 aromatic rings. The number of hydrogen-bond acceptors (Lipinski definition) is 3. The molecule has 1 aromatic heterocycles. The third-order valence-electron chi connectivity index (χ3n) is 7.87. The zero-order chi connectivity index (χ0) is 30.2. The molecule has 1 aliphatic rings. The molecule has 6 heteroatoms. The molecule has 6 rings (SSSR count). The lowest BCUT2D eigenvalue weighted by Gasteiger charge is -2.20. The van der Waals surface area contributed by atoms with E-state index in [-0.39, 0.29) is 11.4 Å². The topological polar surface area (TPSA) is 66.0 Å². The molecule has 43 heavy (non-hydrogen) atoms. The molecule has 0 unspecified atom stereocenters. The number of carboxylic acid groups (broad SMARTS) is 1. The normalized spacial score (nSPS) is 13.0. The smallest absolute Gasteiger partial charge is 0.335 e. The van der Waals surface area contributed by atoms with Gasteiger partial charge < -0.3 is 5.11 Å². The quantitative estimate of drug-likeness (QED) is 0.216. The molecule has 0 spiro atoms. The monoisotopic (exact) mass is 584 g/mol. The van der Waals surface area contributed by atoms with Crippen LogP contribution >= 0.6 is 11.9 Å². The number of aryl methyl sites for hydroxylation is 3. The molecule has 1 N–H and O–H groups in total. The number of carbonyl (C=O) groups is 1. The number of aromatic carboxylic acids is 1. The van der Waals surface area contributed by atoms with Crippen molar-refractivity contribution in [1.82, 2.24) is 3.97 Å². The molecular formula is C37H29FN2O2S. The van der Waals surface area contributed by atoms with Crippen molar-refractivity contribution < 1.29 is 14.3 Å². The van der Waals surface area contributed by atoms with Crippen LogP contribution in [0.3, 0.4) is 0 Å². The molecule has 0 saturated carbocycles. The van der Waals surface area contributed by atoms with Crippen LogP contribution in [0, 0.1) is 37.9 Å². The van der Waals surface area contributed by atoms with Crippen molar-refractivity contribution >= 4 is 40.0 Å². The average Bonchev–Trinajstić information content (AvgIpc) is 3.30. The van der Waals surface area contributed by atoms with Crippen molar-refractivity contribution in [3.8, 4) is 17.2 Å². The summed E-state index contributed by atoms with van der Waals surface area (Å²) in [7, 11) is 0. The summed E-state index contributed by atoms with van der Waals surface area (Å²) in [6.45, 7) is 5.94. The fourth-order valence-electron chi connectivity index (χ4n) is 5.77. The highest BCUT2D eigenvalue weighted by Crippen LogP contribution is 2.46. The zero-order valence-corrected chi connectivity index (χ0v) is 24.9. The minimum Gasteiger partial charge on any atom is -0.478 e. The number of rotatable bonds is 6. The molecule has 4 nitrogen and oxygen atoms in total. The molecule has 4 aromatic carbocycles. The number of nitrogens with zero attached hydrogens (tertiary/aromatic N) is 2. The molecule has 212 valence electrons. The minimum atomic E-state index is -0.950. The lowest BCUT2D eigenvalue weighted by atomic mass is 9.87. The number of halogens is 1. The van der Waals surface area contributed by atoms with E-state index in [1.165, 1.54) is 6.07 Å². The fourth-order valence-corrected chi connectivity index (χ4v) is 6.79. The van der Waals surface area contributed by atoms with Crippen molar-refractivity contribution in [2.24, 2.45) is 0 Å². The van der Waals surface area contributed by atoms with E-state index in [0.29, 0.717) is 5.56 Å². The largest absolute Gasteiger partial charge is 0.478 e. The Morgan fingerprint density at radius 1 is 0.930 bits per heavy atom. The number of carboxylic acids is 1. The van der Waals surface area contributed by atoms with Gasteiger partial charge in [0, 0.05) is 21.4 Å². The highest BCUT2D eigenvalue weighted by molar-refractivity contribution is 7.98. The molecule has 0 atom stereocenters. The van der Waals surface area contributed by atoms with E-state index in [9.17, 15) is 19.6 Å². The van der Waals surface area contributed by atoms with Crippen LogP contribution in [-0.4, -0.2) is 15.0 Å². The van der Waals surface area contributed by atoms with Gasteiger partial charge in [-0.05, 0) is 128 Å². The van der Waals surface area contributed by atoms with Gasteiger partial charge in [-0.15, -0.1) is 0 Å². The van der Waals surface area contributed by atoms with Gasteiger partial charge in [-0.3, -0.25) is 3.97 Å². The third-order valence-corrected chi connectivity index (χ3v) is 8.91. The molecule has 0 aliphatic heterocycles. The molecule has 0 bridgehead atoms. The molecule has 0 amide bonds. The second-order valence-electron chi connectivity index (χ2n) is 10.9. The highest BCUT2D eigenvalue weighted by atomic mass is 32.2. The minimum absolute atomic E-state index is 0.260. The summed E-state index contributed by atoms with van der Waals surface area (Å²) >= 11 is 1.57. The van der Waals surface area contributed by atoms with Gasteiger partial charge in [-0.25, -0.2) is 9.18 Å². The molecule has 1 aliphatic carbocycles. The van der Waals surface area contributed by atoms with Crippen LogP contribution < -0.4 is 0 Å². The summed E-state index contributed by atoms with van der Waals surface area (Å²) < 4.78 is 17.1. The number of allylic oxidation sites excluding steroid dienone is 4. The summed E-state index contributed by atoms with van der Waals surface area (Å²) in [4.78, 5) is 12.6. The summed E-state index contributed by atoms with van der Waals surface area (Å²) in [5.74, 6) is -1.29. The predicted octanol–water partition coefficient (Wildman–Crippen LogP) is 9.76. The van der Waals surface area contributed by atoms with E-state index in [0.717, 1.165) is 78.9 Å². The summed E-state index contributed by atoms with van der Waals surface area (Å²) in [5, 5.41) is 20.4. The van der Waals surface area contributed by atoms with Gasteiger partial charge in [-0.1, -0.05) is 42.0 Å². The van der Waals surface area contributed by atoms with Gasteiger partial charge in [0.05, 0.1) is 28.4 Å². The molecule has 0 fully saturated rings. The maximum atomic E-state index is 14.9. The Morgan fingerprint density at radius 2 is 1.67 bits per heavy atom. The van der Waals surface area contributed by atoms with Gasteiger partial charge in [0.15, 0.2) is 0 Å². The zero-order valence-electron chi connectivity index (χ0n) is 24.1. The van der Waals surface area contributed by atoms with Crippen LogP contribution in [0.5, 0.6) is 0 Å². The molecule has 0 radical (unpaired) electrons. The van der Waals surface area contributed by atoms with Crippen LogP contribution in [0.25, 0.3) is 33.2 Å². The summed E-state index contributed by atoms with van der Waals surface area (Å²) in [5.41, 5.74) is 10.2.